The molecule has 5 nitrogen and oxygen atoms in total. The van der Waals surface area contributed by atoms with Crippen molar-refractivity contribution in [3.63, 3.8) is 0 Å². The van der Waals surface area contributed by atoms with Crippen molar-refractivity contribution in [2.45, 2.75) is 36.6 Å². The summed E-state index contributed by atoms with van der Waals surface area (Å²) in [5, 5.41) is 2.88. The molecule has 2 saturated carbocycles. The van der Waals surface area contributed by atoms with Crippen LogP contribution in [0.4, 0.5) is 5.82 Å². The smallest absolute Gasteiger partial charge is 0.243 e. The molecule has 0 spiro atoms. The molecule has 1 heterocycles. The van der Waals surface area contributed by atoms with Gasteiger partial charge in [-0.3, -0.25) is 0 Å². The maximum absolute atomic E-state index is 12.7. The second kappa shape index (κ2) is 4.76. The van der Waals surface area contributed by atoms with Gasteiger partial charge in [-0.15, -0.1) is 0 Å². The van der Waals surface area contributed by atoms with Gasteiger partial charge in [-0.1, -0.05) is 0 Å². The Bertz CT molecular complexity index is 565. The normalized spacial score (nSPS) is 19.7. The van der Waals surface area contributed by atoms with E-state index in [1.807, 2.05) is 0 Å². The average Bonchev–Trinajstić information content (AvgIpc) is 3.28. The number of anilines is 1. The monoisotopic (exact) mass is 281 g/mol. The van der Waals surface area contributed by atoms with Crippen molar-refractivity contribution < 1.29 is 8.42 Å². The summed E-state index contributed by atoms with van der Waals surface area (Å²) in [5.74, 6) is 1.16. The van der Waals surface area contributed by atoms with Crippen LogP contribution in [-0.4, -0.2) is 37.3 Å². The maximum atomic E-state index is 12.7. The zero-order chi connectivity index (χ0) is 13.5. The molecule has 0 unspecified atom stereocenters. The molecule has 0 bridgehead atoms. The first-order chi connectivity index (χ1) is 9.11. The van der Waals surface area contributed by atoms with Gasteiger partial charge in [-0.2, -0.15) is 4.31 Å². The summed E-state index contributed by atoms with van der Waals surface area (Å²) in [6.45, 7) is 0.685. The standard InChI is InChI=1S/C13H19N3O2S/c1-14-13-8-12(6-7-15-13)19(17,18)16(11-4-5-11)9-10-2-3-10/h6-8,10-11H,2-5,9H2,1H3,(H,14,15). The molecular weight excluding hydrogens is 262 g/mol. The Balaban J connectivity index is 1.89. The number of nitrogens with one attached hydrogen (secondary N) is 1. The minimum atomic E-state index is -3.37. The van der Waals surface area contributed by atoms with Gasteiger partial charge < -0.3 is 5.32 Å². The molecule has 1 N–H and O–H groups in total. The zero-order valence-electron chi connectivity index (χ0n) is 11.0. The maximum Gasteiger partial charge on any atom is 0.243 e. The van der Waals surface area contributed by atoms with Crippen LogP contribution in [0.3, 0.4) is 0 Å². The van der Waals surface area contributed by atoms with Crippen molar-refractivity contribution in [1.82, 2.24) is 9.29 Å². The van der Waals surface area contributed by atoms with E-state index in [9.17, 15) is 8.42 Å². The lowest BCUT2D eigenvalue weighted by atomic mass is 10.4. The van der Waals surface area contributed by atoms with Crippen LogP contribution in [0, 0.1) is 5.92 Å². The Morgan fingerprint density at radius 1 is 1.37 bits per heavy atom. The number of nitrogens with zero attached hydrogens (tertiary/aromatic N) is 2. The van der Waals surface area contributed by atoms with Gasteiger partial charge in [-0.05, 0) is 37.7 Å². The predicted octanol–water partition coefficient (Wildman–Crippen LogP) is 1.69. The number of sulfonamides is 1. The minimum absolute atomic E-state index is 0.219. The molecule has 2 aliphatic carbocycles. The van der Waals surface area contributed by atoms with Gasteiger partial charge in [0.1, 0.15) is 5.82 Å². The number of hydrogen-bond donors (Lipinski definition) is 1. The van der Waals surface area contributed by atoms with Crippen LogP contribution in [0.1, 0.15) is 25.7 Å². The second-order valence-corrected chi connectivity index (χ2v) is 7.27. The van der Waals surface area contributed by atoms with E-state index < -0.39 is 10.0 Å². The fourth-order valence-corrected chi connectivity index (χ4v) is 3.98. The summed E-state index contributed by atoms with van der Waals surface area (Å²) in [7, 11) is -1.63. The van der Waals surface area contributed by atoms with Crippen molar-refractivity contribution in [2.75, 3.05) is 18.9 Å². The third-order valence-electron chi connectivity index (χ3n) is 3.68. The molecule has 104 valence electrons. The van der Waals surface area contributed by atoms with Crippen LogP contribution in [0.5, 0.6) is 0 Å². The Morgan fingerprint density at radius 3 is 2.68 bits per heavy atom. The van der Waals surface area contributed by atoms with Crippen LogP contribution < -0.4 is 5.32 Å². The lowest BCUT2D eigenvalue weighted by Gasteiger charge is -2.21. The highest BCUT2D eigenvalue weighted by Crippen LogP contribution is 2.38. The van der Waals surface area contributed by atoms with Crippen molar-refractivity contribution >= 4 is 15.8 Å². The molecule has 6 heteroatoms. The predicted molar refractivity (Wildman–Crippen MR) is 73.4 cm³/mol. The SMILES string of the molecule is CNc1cc(S(=O)(=O)N(CC2CC2)C2CC2)ccn1. The molecule has 0 atom stereocenters. The molecule has 0 saturated heterocycles. The van der Waals surface area contributed by atoms with Crippen LogP contribution in [0.15, 0.2) is 23.2 Å². The lowest BCUT2D eigenvalue weighted by molar-refractivity contribution is 0.389. The van der Waals surface area contributed by atoms with E-state index in [0.29, 0.717) is 23.2 Å². The second-order valence-electron chi connectivity index (χ2n) is 5.38. The third-order valence-corrected chi connectivity index (χ3v) is 5.60. The molecule has 0 aliphatic heterocycles. The molecule has 19 heavy (non-hydrogen) atoms. The fraction of sp³-hybridized carbons (Fsp3) is 0.615. The van der Waals surface area contributed by atoms with Crippen molar-refractivity contribution in [3.8, 4) is 0 Å². The van der Waals surface area contributed by atoms with Gasteiger partial charge >= 0.3 is 0 Å². The number of pyridine rings is 1. The number of rotatable bonds is 6. The first kappa shape index (κ1) is 12.9. The molecule has 0 aromatic carbocycles. The summed E-state index contributed by atoms with van der Waals surface area (Å²) in [5.41, 5.74) is 0. The van der Waals surface area contributed by atoms with E-state index in [2.05, 4.69) is 10.3 Å². The van der Waals surface area contributed by atoms with Crippen LogP contribution in [0.2, 0.25) is 0 Å². The topological polar surface area (TPSA) is 62.3 Å². The summed E-state index contributed by atoms with van der Waals surface area (Å²) in [6, 6.07) is 3.41. The molecule has 2 fully saturated rings. The average molecular weight is 281 g/mol. The van der Waals surface area contributed by atoms with Gasteiger partial charge in [0.25, 0.3) is 0 Å². The van der Waals surface area contributed by atoms with Gasteiger partial charge in [-0.25, -0.2) is 13.4 Å². The quantitative estimate of drug-likeness (QED) is 0.862. The summed E-state index contributed by atoms with van der Waals surface area (Å²) in [4.78, 5) is 4.42. The highest BCUT2D eigenvalue weighted by molar-refractivity contribution is 7.89. The van der Waals surface area contributed by atoms with Crippen LogP contribution in [0.25, 0.3) is 0 Å². The molecular formula is C13H19N3O2S. The summed E-state index contributed by atoms with van der Waals surface area (Å²) >= 11 is 0. The van der Waals surface area contributed by atoms with E-state index >= 15 is 0 Å². The molecule has 1 aromatic heterocycles. The van der Waals surface area contributed by atoms with E-state index in [1.165, 1.54) is 0 Å². The van der Waals surface area contributed by atoms with E-state index in [-0.39, 0.29) is 6.04 Å². The molecule has 3 rings (SSSR count). The highest BCUT2D eigenvalue weighted by Gasteiger charge is 2.41. The molecule has 2 aliphatic rings. The molecule has 0 radical (unpaired) electrons. The third kappa shape index (κ3) is 2.74. The van der Waals surface area contributed by atoms with Gasteiger partial charge in [0.15, 0.2) is 0 Å². The Hall–Kier alpha value is -1.14. The molecule has 1 aromatic rings. The van der Waals surface area contributed by atoms with E-state index in [0.717, 1.165) is 25.7 Å². The number of hydrogen-bond acceptors (Lipinski definition) is 4. The zero-order valence-corrected chi connectivity index (χ0v) is 11.9. The van der Waals surface area contributed by atoms with E-state index in [1.54, 1.807) is 29.7 Å². The van der Waals surface area contributed by atoms with Crippen molar-refractivity contribution in [1.29, 1.82) is 0 Å². The van der Waals surface area contributed by atoms with Gasteiger partial charge in [0.05, 0.1) is 4.90 Å². The van der Waals surface area contributed by atoms with Gasteiger partial charge in [0, 0.05) is 31.9 Å². The van der Waals surface area contributed by atoms with Crippen LogP contribution >= 0.6 is 0 Å². The number of aromatic nitrogens is 1. The summed E-state index contributed by atoms with van der Waals surface area (Å²) in [6.07, 6.45) is 5.86. The van der Waals surface area contributed by atoms with E-state index in [4.69, 9.17) is 0 Å². The Labute approximate surface area is 114 Å². The lowest BCUT2D eigenvalue weighted by Crippen LogP contribution is -2.35. The largest absolute Gasteiger partial charge is 0.373 e. The minimum Gasteiger partial charge on any atom is -0.373 e. The first-order valence-corrected chi connectivity index (χ1v) is 8.21. The fourth-order valence-electron chi connectivity index (χ4n) is 2.20. The van der Waals surface area contributed by atoms with Crippen molar-refractivity contribution in [3.05, 3.63) is 18.3 Å². The Morgan fingerprint density at radius 2 is 2.11 bits per heavy atom. The molecule has 0 amide bonds. The van der Waals surface area contributed by atoms with Gasteiger partial charge in [0.2, 0.25) is 10.0 Å². The van der Waals surface area contributed by atoms with Crippen LogP contribution in [-0.2, 0) is 10.0 Å². The summed E-state index contributed by atoms with van der Waals surface area (Å²) < 4.78 is 27.1. The van der Waals surface area contributed by atoms with Crippen molar-refractivity contribution in [2.24, 2.45) is 5.92 Å². The Kier molecular flexibility index (Phi) is 3.22. The highest BCUT2D eigenvalue weighted by atomic mass is 32.2. The first-order valence-electron chi connectivity index (χ1n) is 6.77.